The molecular weight excluding hydrogens is 194 g/mol. The molecule has 2 N–H and O–H groups in total. The second-order valence-corrected chi connectivity index (χ2v) is 3.22. The maximum atomic E-state index is 11.0. The highest BCUT2D eigenvalue weighted by Gasteiger charge is 2.09. The fourth-order valence-corrected chi connectivity index (χ4v) is 1.24. The Morgan fingerprint density at radius 1 is 1.13 bits per heavy atom. The molecule has 0 aliphatic rings. The van der Waals surface area contributed by atoms with Gasteiger partial charge in [0.15, 0.2) is 0 Å². The molecule has 5 nitrogen and oxygen atoms in total. The third-order valence-corrected chi connectivity index (χ3v) is 2.26. The minimum absolute atomic E-state index is 0.544. The standard InChI is InChI=1S/C10H21N3O2/c1-4-13(5-2)8-6-7-12-10(15)9(14)11-3/h4-8H2,1-3H3,(H,11,14)(H,12,15). The van der Waals surface area contributed by atoms with Crippen LogP contribution in [0, 0.1) is 0 Å². The number of nitrogens with one attached hydrogen (secondary N) is 2. The van der Waals surface area contributed by atoms with E-state index >= 15 is 0 Å². The Labute approximate surface area is 91.2 Å². The predicted molar refractivity (Wildman–Crippen MR) is 59.5 cm³/mol. The molecule has 0 saturated heterocycles. The molecule has 0 aromatic rings. The Kier molecular flexibility index (Phi) is 7.62. The van der Waals surface area contributed by atoms with Crippen LogP contribution < -0.4 is 10.6 Å². The topological polar surface area (TPSA) is 61.4 Å². The van der Waals surface area contributed by atoms with Crippen molar-refractivity contribution in [1.82, 2.24) is 15.5 Å². The fraction of sp³-hybridized carbons (Fsp3) is 0.800. The summed E-state index contributed by atoms with van der Waals surface area (Å²) in [5, 5.41) is 4.83. The van der Waals surface area contributed by atoms with Crippen molar-refractivity contribution in [3.05, 3.63) is 0 Å². The van der Waals surface area contributed by atoms with Crippen LogP contribution in [-0.2, 0) is 9.59 Å². The van der Waals surface area contributed by atoms with E-state index in [1.54, 1.807) is 0 Å². The van der Waals surface area contributed by atoms with Crippen molar-refractivity contribution >= 4 is 11.8 Å². The molecule has 0 saturated carbocycles. The van der Waals surface area contributed by atoms with Crippen LogP contribution in [0.3, 0.4) is 0 Å². The van der Waals surface area contributed by atoms with Crippen LogP contribution in [0.5, 0.6) is 0 Å². The van der Waals surface area contributed by atoms with Crippen LogP contribution in [0.1, 0.15) is 20.3 Å². The van der Waals surface area contributed by atoms with E-state index in [4.69, 9.17) is 0 Å². The molecule has 0 fully saturated rings. The average molecular weight is 215 g/mol. The number of likely N-dealkylation sites (N-methyl/N-ethyl adjacent to an activating group) is 1. The summed E-state index contributed by atoms with van der Waals surface area (Å²) in [7, 11) is 1.44. The molecule has 0 bridgehead atoms. The monoisotopic (exact) mass is 215 g/mol. The Balaban J connectivity index is 3.54. The normalized spacial score (nSPS) is 10.1. The molecule has 88 valence electrons. The lowest BCUT2D eigenvalue weighted by Crippen LogP contribution is -2.39. The first kappa shape index (κ1) is 13.9. The molecule has 2 amide bonds. The second kappa shape index (κ2) is 8.23. The van der Waals surface area contributed by atoms with Crippen molar-refractivity contribution in [2.45, 2.75) is 20.3 Å². The highest BCUT2D eigenvalue weighted by Crippen LogP contribution is 1.89. The van der Waals surface area contributed by atoms with Crippen LogP contribution in [0.15, 0.2) is 0 Å². The SMILES string of the molecule is CCN(CC)CCCNC(=O)C(=O)NC. The first-order valence-electron chi connectivity index (χ1n) is 5.37. The molecule has 0 rings (SSSR count). The van der Waals surface area contributed by atoms with Gasteiger partial charge in [-0.25, -0.2) is 0 Å². The molecular formula is C10H21N3O2. The van der Waals surface area contributed by atoms with E-state index in [0.29, 0.717) is 6.54 Å². The Hall–Kier alpha value is -1.10. The molecule has 0 heterocycles. The van der Waals surface area contributed by atoms with Gasteiger partial charge in [0.2, 0.25) is 0 Å². The van der Waals surface area contributed by atoms with Gasteiger partial charge in [0.05, 0.1) is 0 Å². The molecule has 5 heteroatoms. The van der Waals surface area contributed by atoms with Gasteiger partial charge in [0.25, 0.3) is 0 Å². The number of rotatable bonds is 6. The summed E-state index contributed by atoms with van der Waals surface area (Å²) in [6.45, 7) is 7.72. The molecule has 15 heavy (non-hydrogen) atoms. The Morgan fingerprint density at radius 3 is 2.20 bits per heavy atom. The summed E-state index contributed by atoms with van der Waals surface area (Å²) in [5.74, 6) is -1.14. The molecule has 0 aliphatic carbocycles. The van der Waals surface area contributed by atoms with E-state index < -0.39 is 11.8 Å². The molecule has 0 aromatic heterocycles. The van der Waals surface area contributed by atoms with Gasteiger partial charge >= 0.3 is 11.8 Å². The van der Waals surface area contributed by atoms with Crippen molar-refractivity contribution in [2.75, 3.05) is 33.2 Å². The molecule has 0 spiro atoms. The van der Waals surface area contributed by atoms with Crippen molar-refractivity contribution < 1.29 is 9.59 Å². The molecule has 0 aromatic carbocycles. The van der Waals surface area contributed by atoms with Crippen molar-refractivity contribution in [3.8, 4) is 0 Å². The lowest BCUT2D eigenvalue weighted by Gasteiger charge is -2.17. The largest absolute Gasteiger partial charge is 0.351 e. The van der Waals surface area contributed by atoms with Gasteiger partial charge in [-0.3, -0.25) is 9.59 Å². The summed E-state index contributed by atoms with van der Waals surface area (Å²) in [4.78, 5) is 24.1. The van der Waals surface area contributed by atoms with Crippen LogP contribution in [0.2, 0.25) is 0 Å². The highest BCUT2D eigenvalue weighted by molar-refractivity contribution is 6.34. The minimum Gasteiger partial charge on any atom is -0.351 e. The summed E-state index contributed by atoms with van der Waals surface area (Å²) < 4.78 is 0. The van der Waals surface area contributed by atoms with Gasteiger partial charge in [-0.15, -0.1) is 0 Å². The smallest absolute Gasteiger partial charge is 0.309 e. The quantitative estimate of drug-likeness (QED) is 0.467. The van der Waals surface area contributed by atoms with Gasteiger partial charge in [-0.05, 0) is 26.1 Å². The zero-order valence-electron chi connectivity index (χ0n) is 9.80. The molecule has 0 atom stereocenters. The van der Waals surface area contributed by atoms with E-state index in [-0.39, 0.29) is 0 Å². The van der Waals surface area contributed by atoms with E-state index in [2.05, 4.69) is 29.4 Å². The first-order valence-corrected chi connectivity index (χ1v) is 5.37. The number of carbonyl (C=O) groups excluding carboxylic acids is 2. The van der Waals surface area contributed by atoms with Gasteiger partial charge in [-0.1, -0.05) is 13.8 Å². The number of hydrogen-bond donors (Lipinski definition) is 2. The number of amides is 2. The zero-order valence-corrected chi connectivity index (χ0v) is 9.80. The van der Waals surface area contributed by atoms with Crippen molar-refractivity contribution in [2.24, 2.45) is 0 Å². The maximum Gasteiger partial charge on any atom is 0.309 e. The van der Waals surface area contributed by atoms with E-state index in [9.17, 15) is 9.59 Å². The van der Waals surface area contributed by atoms with Crippen LogP contribution in [0.25, 0.3) is 0 Å². The molecule has 0 aliphatic heterocycles. The van der Waals surface area contributed by atoms with Gasteiger partial charge < -0.3 is 15.5 Å². The average Bonchev–Trinajstić information content (AvgIpc) is 2.27. The number of hydrogen-bond acceptors (Lipinski definition) is 3. The third-order valence-electron chi connectivity index (χ3n) is 2.26. The Morgan fingerprint density at radius 2 is 1.73 bits per heavy atom. The molecule has 0 radical (unpaired) electrons. The lowest BCUT2D eigenvalue weighted by atomic mass is 10.3. The van der Waals surface area contributed by atoms with Crippen LogP contribution in [0.4, 0.5) is 0 Å². The lowest BCUT2D eigenvalue weighted by molar-refractivity contribution is -0.138. The first-order chi connectivity index (χ1) is 7.15. The summed E-state index contributed by atoms with van der Waals surface area (Å²) in [6, 6.07) is 0. The van der Waals surface area contributed by atoms with Gasteiger partial charge in [-0.2, -0.15) is 0 Å². The van der Waals surface area contributed by atoms with E-state index in [1.807, 2.05) is 0 Å². The third kappa shape index (κ3) is 6.06. The summed E-state index contributed by atoms with van der Waals surface area (Å²) in [5.41, 5.74) is 0. The summed E-state index contributed by atoms with van der Waals surface area (Å²) >= 11 is 0. The van der Waals surface area contributed by atoms with E-state index in [1.165, 1.54) is 7.05 Å². The minimum atomic E-state index is -0.585. The Bertz CT molecular complexity index is 203. The van der Waals surface area contributed by atoms with Crippen LogP contribution in [-0.4, -0.2) is 49.9 Å². The van der Waals surface area contributed by atoms with E-state index in [0.717, 1.165) is 26.1 Å². The second-order valence-electron chi connectivity index (χ2n) is 3.22. The van der Waals surface area contributed by atoms with Crippen LogP contribution >= 0.6 is 0 Å². The molecule has 0 unspecified atom stereocenters. The number of nitrogens with zero attached hydrogens (tertiary/aromatic N) is 1. The number of carbonyl (C=O) groups is 2. The maximum absolute atomic E-state index is 11.0. The van der Waals surface area contributed by atoms with Crippen molar-refractivity contribution in [1.29, 1.82) is 0 Å². The van der Waals surface area contributed by atoms with Gasteiger partial charge in [0, 0.05) is 13.6 Å². The zero-order chi connectivity index (χ0) is 11.7. The summed E-state index contributed by atoms with van der Waals surface area (Å²) in [6.07, 6.45) is 0.865. The van der Waals surface area contributed by atoms with Gasteiger partial charge in [0.1, 0.15) is 0 Å². The predicted octanol–water partition coefficient (Wildman–Crippen LogP) is -0.419. The van der Waals surface area contributed by atoms with Crippen molar-refractivity contribution in [3.63, 3.8) is 0 Å². The fourth-order valence-electron chi connectivity index (χ4n) is 1.24. The highest BCUT2D eigenvalue weighted by atomic mass is 16.2.